The van der Waals surface area contributed by atoms with Crippen LogP contribution >= 0.6 is 11.8 Å². The Balaban J connectivity index is 2.17. The Hall–Kier alpha value is -1.30. The van der Waals surface area contributed by atoms with Crippen LogP contribution in [0.25, 0.3) is 0 Å². The molecule has 2 rings (SSSR count). The highest BCUT2D eigenvalue weighted by atomic mass is 32.2. The summed E-state index contributed by atoms with van der Waals surface area (Å²) in [4.78, 5) is 14.7. The molecule has 1 fully saturated rings. The number of anilines is 1. The first-order valence-electron chi connectivity index (χ1n) is 5.63. The maximum absolute atomic E-state index is 10.9. The van der Waals surface area contributed by atoms with Gasteiger partial charge in [0.1, 0.15) is 0 Å². The topological polar surface area (TPSA) is 68.1 Å². The number of thioether (sulfide) groups is 1. The van der Waals surface area contributed by atoms with Crippen molar-refractivity contribution in [1.29, 1.82) is 0 Å². The number of nitrogens with one attached hydrogen (secondary N) is 1. The van der Waals surface area contributed by atoms with Crippen molar-refractivity contribution < 1.29 is 4.92 Å². The molecule has 1 aromatic heterocycles. The van der Waals surface area contributed by atoms with Crippen molar-refractivity contribution in [2.45, 2.75) is 25.8 Å². The summed E-state index contributed by atoms with van der Waals surface area (Å²) in [6, 6.07) is 3.49. The first-order valence-corrected chi connectivity index (χ1v) is 6.78. The molecule has 1 aliphatic heterocycles. The van der Waals surface area contributed by atoms with Gasteiger partial charge in [0.05, 0.1) is 4.92 Å². The molecule has 0 aliphatic carbocycles. The van der Waals surface area contributed by atoms with Crippen LogP contribution in [0.1, 0.15) is 18.5 Å². The number of nitro groups is 1. The van der Waals surface area contributed by atoms with E-state index in [1.165, 1.54) is 6.07 Å². The molecule has 6 heteroatoms. The SMILES string of the molecule is Cc1ccc([N+](=O)[O-])c(NC2CCSCC2)n1. The van der Waals surface area contributed by atoms with E-state index in [0.29, 0.717) is 11.9 Å². The minimum atomic E-state index is -0.383. The van der Waals surface area contributed by atoms with Gasteiger partial charge in [0, 0.05) is 17.8 Å². The number of hydrogen-bond acceptors (Lipinski definition) is 5. The number of hydrogen-bond donors (Lipinski definition) is 1. The van der Waals surface area contributed by atoms with Crippen LogP contribution in [0.5, 0.6) is 0 Å². The number of aromatic nitrogens is 1. The lowest BCUT2D eigenvalue weighted by Crippen LogP contribution is -2.25. The van der Waals surface area contributed by atoms with Gasteiger partial charge in [-0.25, -0.2) is 4.98 Å². The summed E-state index contributed by atoms with van der Waals surface area (Å²) in [5.41, 5.74) is 0.858. The van der Waals surface area contributed by atoms with Crippen LogP contribution in [0, 0.1) is 17.0 Å². The molecule has 17 heavy (non-hydrogen) atoms. The largest absolute Gasteiger partial charge is 0.362 e. The molecule has 0 bridgehead atoms. The van der Waals surface area contributed by atoms with Crippen LogP contribution in [-0.2, 0) is 0 Å². The van der Waals surface area contributed by atoms with E-state index in [1.54, 1.807) is 6.07 Å². The van der Waals surface area contributed by atoms with E-state index in [-0.39, 0.29) is 10.6 Å². The Kier molecular flexibility index (Phi) is 3.83. The quantitative estimate of drug-likeness (QED) is 0.662. The molecule has 1 aromatic rings. The van der Waals surface area contributed by atoms with E-state index >= 15 is 0 Å². The fourth-order valence-electron chi connectivity index (χ4n) is 1.84. The van der Waals surface area contributed by atoms with Crippen LogP contribution < -0.4 is 5.32 Å². The molecule has 0 radical (unpaired) electrons. The van der Waals surface area contributed by atoms with Gasteiger partial charge in [0.2, 0.25) is 5.82 Å². The minimum Gasteiger partial charge on any atom is -0.362 e. The lowest BCUT2D eigenvalue weighted by atomic mass is 10.1. The third kappa shape index (κ3) is 3.09. The van der Waals surface area contributed by atoms with Gasteiger partial charge in [-0.1, -0.05) is 0 Å². The first kappa shape index (κ1) is 12.2. The van der Waals surface area contributed by atoms with E-state index in [4.69, 9.17) is 0 Å². The van der Waals surface area contributed by atoms with Crippen molar-refractivity contribution >= 4 is 23.3 Å². The van der Waals surface area contributed by atoms with Crippen LogP contribution in [0.4, 0.5) is 11.5 Å². The van der Waals surface area contributed by atoms with Gasteiger partial charge in [0.25, 0.3) is 0 Å². The summed E-state index contributed by atoms with van der Waals surface area (Å²) in [7, 11) is 0. The van der Waals surface area contributed by atoms with Crippen LogP contribution in [0.3, 0.4) is 0 Å². The lowest BCUT2D eigenvalue weighted by molar-refractivity contribution is -0.384. The number of nitrogens with zero attached hydrogens (tertiary/aromatic N) is 2. The fourth-order valence-corrected chi connectivity index (χ4v) is 2.94. The van der Waals surface area contributed by atoms with Gasteiger partial charge in [-0.2, -0.15) is 11.8 Å². The fraction of sp³-hybridized carbons (Fsp3) is 0.545. The molecule has 1 aliphatic rings. The minimum absolute atomic E-state index is 0.0637. The van der Waals surface area contributed by atoms with Gasteiger partial charge in [-0.05, 0) is 37.3 Å². The highest BCUT2D eigenvalue weighted by Crippen LogP contribution is 2.26. The van der Waals surface area contributed by atoms with Crippen molar-refractivity contribution in [1.82, 2.24) is 4.98 Å². The Bertz CT molecular complexity index is 419. The van der Waals surface area contributed by atoms with Crippen molar-refractivity contribution in [2.75, 3.05) is 16.8 Å². The molecule has 5 nitrogen and oxygen atoms in total. The monoisotopic (exact) mass is 253 g/mol. The van der Waals surface area contributed by atoms with E-state index in [1.807, 2.05) is 18.7 Å². The molecule has 0 spiro atoms. The van der Waals surface area contributed by atoms with Crippen LogP contribution in [-0.4, -0.2) is 27.5 Å². The second-order valence-corrected chi connectivity index (χ2v) is 5.33. The Morgan fingerprint density at radius 1 is 1.47 bits per heavy atom. The molecule has 0 aromatic carbocycles. The van der Waals surface area contributed by atoms with Crippen molar-refractivity contribution in [3.63, 3.8) is 0 Å². The second-order valence-electron chi connectivity index (χ2n) is 4.11. The summed E-state index contributed by atoms with van der Waals surface area (Å²) < 4.78 is 0. The lowest BCUT2D eigenvalue weighted by Gasteiger charge is -2.22. The van der Waals surface area contributed by atoms with E-state index in [2.05, 4.69) is 10.3 Å². The van der Waals surface area contributed by atoms with E-state index in [0.717, 1.165) is 30.0 Å². The third-order valence-corrected chi connectivity index (χ3v) is 3.82. The summed E-state index contributed by atoms with van der Waals surface area (Å²) in [6.45, 7) is 1.84. The average Bonchev–Trinajstić information content (AvgIpc) is 2.30. The first-order chi connectivity index (χ1) is 8.16. The Morgan fingerprint density at radius 2 is 2.18 bits per heavy atom. The zero-order chi connectivity index (χ0) is 12.3. The Labute approximate surface area is 104 Å². The van der Waals surface area contributed by atoms with Gasteiger partial charge >= 0.3 is 5.69 Å². The second kappa shape index (κ2) is 5.35. The molecule has 0 atom stereocenters. The van der Waals surface area contributed by atoms with Crippen molar-refractivity contribution in [2.24, 2.45) is 0 Å². The molecule has 1 saturated heterocycles. The molecule has 0 unspecified atom stereocenters. The van der Waals surface area contributed by atoms with Gasteiger partial charge in [-0.3, -0.25) is 10.1 Å². The van der Waals surface area contributed by atoms with Gasteiger partial charge < -0.3 is 5.32 Å². The number of aryl methyl sites for hydroxylation is 1. The third-order valence-electron chi connectivity index (χ3n) is 2.77. The van der Waals surface area contributed by atoms with E-state index < -0.39 is 0 Å². The van der Waals surface area contributed by atoms with Crippen LogP contribution in [0.2, 0.25) is 0 Å². The summed E-state index contributed by atoms with van der Waals surface area (Å²) in [5.74, 6) is 2.63. The smallest absolute Gasteiger partial charge is 0.311 e. The van der Waals surface area contributed by atoms with Gasteiger partial charge in [-0.15, -0.1) is 0 Å². The predicted octanol–water partition coefficient (Wildman–Crippen LogP) is 2.61. The molecule has 1 N–H and O–H groups in total. The highest BCUT2D eigenvalue weighted by Gasteiger charge is 2.20. The average molecular weight is 253 g/mol. The predicted molar refractivity (Wildman–Crippen MR) is 69.6 cm³/mol. The zero-order valence-electron chi connectivity index (χ0n) is 9.68. The Morgan fingerprint density at radius 3 is 2.82 bits per heavy atom. The highest BCUT2D eigenvalue weighted by molar-refractivity contribution is 7.99. The summed E-state index contributed by atoms with van der Waals surface area (Å²) >= 11 is 1.93. The zero-order valence-corrected chi connectivity index (χ0v) is 10.5. The maximum atomic E-state index is 10.9. The molecule has 0 amide bonds. The molecule has 0 saturated carbocycles. The van der Waals surface area contributed by atoms with Crippen LogP contribution in [0.15, 0.2) is 12.1 Å². The number of pyridine rings is 1. The van der Waals surface area contributed by atoms with Gasteiger partial charge in [0.15, 0.2) is 0 Å². The molecule has 2 heterocycles. The molecular formula is C11H15N3O2S. The molecular weight excluding hydrogens is 238 g/mol. The normalized spacial score (nSPS) is 16.8. The molecule has 92 valence electrons. The summed E-state index contributed by atoms with van der Waals surface area (Å²) in [6.07, 6.45) is 2.08. The standard InChI is InChI=1S/C11H15N3O2S/c1-8-2-3-10(14(15)16)11(12-8)13-9-4-6-17-7-5-9/h2-3,9H,4-7H2,1H3,(H,12,13). The summed E-state index contributed by atoms with van der Waals surface area (Å²) in [5, 5.41) is 14.1. The van der Waals surface area contributed by atoms with E-state index in [9.17, 15) is 10.1 Å². The maximum Gasteiger partial charge on any atom is 0.311 e. The van der Waals surface area contributed by atoms with Crippen molar-refractivity contribution in [3.05, 3.63) is 27.9 Å². The van der Waals surface area contributed by atoms with Crippen molar-refractivity contribution in [3.8, 4) is 0 Å². The number of rotatable bonds is 3.